The molecule has 0 bridgehead atoms. The minimum atomic E-state index is -0.311. The van der Waals surface area contributed by atoms with Gasteiger partial charge in [0.2, 0.25) is 0 Å². The number of aromatic nitrogens is 1. The van der Waals surface area contributed by atoms with Crippen LogP contribution < -0.4 is 15.4 Å². The van der Waals surface area contributed by atoms with E-state index in [2.05, 4.69) is 26.6 Å². The summed E-state index contributed by atoms with van der Waals surface area (Å²) < 4.78 is 6.67. The highest BCUT2D eigenvalue weighted by molar-refractivity contribution is 9.10. The number of nitrogens with zero attached hydrogens (tertiary/aromatic N) is 1. The van der Waals surface area contributed by atoms with Gasteiger partial charge in [0.05, 0.1) is 28.6 Å². The summed E-state index contributed by atoms with van der Waals surface area (Å²) in [6.07, 6.45) is 0.0596. The van der Waals surface area contributed by atoms with Gasteiger partial charge in [0.15, 0.2) is 5.11 Å². The van der Waals surface area contributed by atoms with Gasteiger partial charge < -0.3 is 10.1 Å². The molecule has 0 aliphatic heterocycles. The number of fused-ring (bicyclic) bond motifs is 1. The Morgan fingerprint density at radius 2 is 1.76 bits per heavy atom. The lowest BCUT2D eigenvalue weighted by Gasteiger charge is -2.14. The van der Waals surface area contributed by atoms with E-state index in [0.29, 0.717) is 11.3 Å². The zero-order valence-corrected chi connectivity index (χ0v) is 20.5. The Labute approximate surface area is 206 Å². The third kappa shape index (κ3) is 5.56. The molecular formula is C26H22BrN3O2S. The molecule has 5 nitrogen and oxygen atoms in total. The van der Waals surface area contributed by atoms with Crippen molar-refractivity contribution in [3.63, 3.8) is 0 Å². The second-order valence-electron chi connectivity index (χ2n) is 7.65. The molecule has 4 aromatic rings. The first-order valence-electron chi connectivity index (χ1n) is 10.4. The molecule has 0 saturated heterocycles. The average Bonchev–Trinajstić information content (AvgIpc) is 2.79. The smallest absolute Gasteiger partial charge is 0.258 e. The molecule has 7 heteroatoms. The molecule has 166 valence electrons. The summed E-state index contributed by atoms with van der Waals surface area (Å²) in [6, 6.07) is 24.6. The van der Waals surface area contributed by atoms with E-state index >= 15 is 0 Å². The maximum atomic E-state index is 13.2. The molecule has 0 spiro atoms. The van der Waals surface area contributed by atoms with Crippen LogP contribution >= 0.6 is 28.1 Å². The maximum absolute atomic E-state index is 13.2. The van der Waals surface area contributed by atoms with Crippen molar-refractivity contribution in [3.05, 3.63) is 88.9 Å². The SMILES string of the molecule is CC(C)Oc1cccc(-c2cc(C(=O)NC(=S)Nc3ccccc3Br)c3ccccc3n2)c1. The standard InChI is InChI=1S/C26H22BrN3O2S/c1-16(2)32-18-9-7-8-17(14-18)24-15-20(19-10-3-5-12-22(19)28-24)25(31)30-26(33)29-23-13-6-4-11-21(23)27/h3-16H,1-2H3,(H2,29,30,31,33). The summed E-state index contributed by atoms with van der Waals surface area (Å²) in [7, 11) is 0. The third-order valence-electron chi connectivity index (χ3n) is 4.81. The fraction of sp³-hybridized carbons (Fsp3) is 0.115. The number of carbonyl (C=O) groups is 1. The van der Waals surface area contributed by atoms with Crippen molar-refractivity contribution < 1.29 is 9.53 Å². The van der Waals surface area contributed by atoms with Crippen LogP contribution in [0.5, 0.6) is 5.75 Å². The summed E-state index contributed by atoms with van der Waals surface area (Å²) in [5.41, 5.74) is 3.52. The largest absolute Gasteiger partial charge is 0.491 e. The number of anilines is 1. The molecule has 4 rings (SSSR count). The Morgan fingerprint density at radius 1 is 1.00 bits per heavy atom. The van der Waals surface area contributed by atoms with E-state index in [1.54, 1.807) is 6.07 Å². The second kappa shape index (κ2) is 10.1. The Kier molecular flexibility index (Phi) is 7.01. The number of ether oxygens (including phenoxy) is 1. The first kappa shape index (κ1) is 22.9. The van der Waals surface area contributed by atoms with E-state index in [9.17, 15) is 4.79 Å². The van der Waals surface area contributed by atoms with Gasteiger partial charge in [0.1, 0.15) is 5.75 Å². The number of rotatable bonds is 5. The molecule has 1 aromatic heterocycles. The van der Waals surface area contributed by atoms with E-state index in [1.807, 2.05) is 86.6 Å². The van der Waals surface area contributed by atoms with Crippen molar-refractivity contribution in [2.45, 2.75) is 20.0 Å². The van der Waals surface area contributed by atoms with Gasteiger partial charge in [0, 0.05) is 15.4 Å². The highest BCUT2D eigenvalue weighted by atomic mass is 79.9. The van der Waals surface area contributed by atoms with E-state index in [1.165, 1.54) is 0 Å². The third-order valence-corrected chi connectivity index (χ3v) is 5.71. The monoisotopic (exact) mass is 519 g/mol. The van der Waals surface area contributed by atoms with E-state index in [0.717, 1.165) is 32.4 Å². The second-order valence-corrected chi connectivity index (χ2v) is 8.92. The van der Waals surface area contributed by atoms with Gasteiger partial charge >= 0.3 is 0 Å². The van der Waals surface area contributed by atoms with Crippen LogP contribution in [0, 0.1) is 0 Å². The Morgan fingerprint density at radius 3 is 2.55 bits per heavy atom. The summed E-state index contributed by atoms with van der Waals surface area (Å²) in [5, 5.41) is 6.80. The molecule has 1 heterocycles. The quantitative estimate of drug-likeness (QED) is 0.291. The molecule has 0 fully saturated rings. The van der Waals surface area contributed by atoms with Gasteiger partial charge in [-0.05, 0) is 78.4 Å². The Hall–Kier alpha value is -3.29. The van der Waals surface area contributed by atoms with E-state index < -0.39 is 0 Å². The fourth-order valence-electron chi connectivity index (χ4n) is 3.40. The molecule has 1 amide bonds. The predicted molar refractivity (Wildman–Crippen MR) is 141 cm³/mol. The highest BCUT2D eigenvalue weighted by Gasteiger charge is 2.16. The summed E-state index contributed by atoms with van der Waals surface area (Å²) >= 11 is 8.85. The molecule has 0 saturated carbocycles. The average molecular weight is 520 g/mol. The minimum absolute atomic E-state index is 0.0596. The van der Waals surface area contributed by atoms with Gasteiger partial charge in [-0.3, -0.25) is 10.1 Å². The number of halogens is 1. The molecule has 0 aliphatic carbocycles. The van der Waals surface area contributed by atoms with Crippen LogP contribution in [0.4, 0.5) is 5.69 Å². The first-order chi connectivity index (χ1) is 15.9. The predicted octanol–water partition coefficient (Wildman–Crippen LogP) is 6.58. The van der Waals surface area contributed by atoms with Crippen LogP contribution in [0.3, 0.4) is 0 Å². The molecule has 2 N–H and O–H groups in total. The topological polar surface area (TPSA) is 63.2 Å². The van der Waals surface area contributed by atoms with E-state index in [4.69, 9.17) is 21.9 Å². The van der Waals surface area contributed by atoms with Crippen molar-refractivity contribution in [2.24, 2.45) is 0 Å². The number of hydrogen-bond acceptors (Lipinski definition) is 4. The van der Waals surface area contributed by atoms with Crippen molar-refractivity contribution in [3.8, 4) is 17.0 Å². The van der Waals surface area contributed by atoms with Crippen LogP contribution in [0.2, 0.25) is 0 Å². The van der Waals surface area contributed by atoms with Gasteiger partial charge in [-0.25, -0.2) is 4.98 Å². The highest BCUT2D eigenvalue weighted by Crippen LogP contribution is 2.28. The number of amides is 1. The lowest BCUT2D eigenvalue weighted by atomic mass is 10.0. The van der Waals surface area contributed by atoms with Crippen molar-refractivity contribution >= 4 is 55.8 Å². The normalized spacial score (nSPS) is 10.8. The number of thiocarbonyl (C=S) groups is 1. The maximum Gasteiger partial charge on any atom is 0.258 e. The van der Waals surface area contributed by atoms with Crippen molar-refractivity contribution in [1.29, 1.82) is 0 Å². The lowest BCUT2D eigenvalue weighted by Crippen LogP contribution is -2.34. The summed E-state index contributed by atoms with van der Waals surface area (Å²) in [5.74, 6) is 0.441. The zero-order valence-electron chi connectivity index (χ0n) is 18.1. The lowest BCUT2D eigenvalue weighted by molar-refractivity contribution is 0.0979. The molecule has 0 radical (unpaired) electrons. The Bertz CT molecular complexity index is 1340. The molecule has 0 aliphatic rings. The van der Waals surface area contributed by atoms with E-state index in [-0.39, 0.29) is 17.1 Å². The van der Waals surface area contributed by atoms with Crippen molar-refractivity contribution in [2.75, 3.05) is 5.32 Å². The van der Waals surface area contributed by atoms with Crippen LogP contribution in [-0.2, 0) is 0 Å². The molecule has 33 heavy (non-hydrogen) atoms. The van der Waals surface area contributed by atoms with Gasteiger partial charge in [-0.15, -0.1) is 0 Å². The molecule has 0 atom stereocenters. The number of pyridine rings is 1. The van der Waals surface area contributed by atoms with Gasteiger partial charge in [-0.1, -0.05) is 42.5 Å². The number of carbonyl (C=O) groups excluding carboxylic acids is 1. The minimum Gasteiger partial charge on any atom is -0.491 e. The number of para-hydroxylation sites is 2. The number of nitrogens with one attached hydrogen (secondary N) is 2. The fourth-order valence-corrected chi connectivity index (χ4v) is 3.99. The number of hydrogen-bond donors (Lipinski definition) is 2. The van der Waals surface area contributed by atoms with Crippen molar-refractivity contribution in [1.82, 2.24) is 10.3 Å². The van der Waals surface area contributed by atoms with Crippen LogP contribution in [-0.4, -0.2) is 22.1 Å². The number of benzene rings is 3. The van der Waals surface area contributed by atoms with Gasteiger partial charge in [-0.2, -0.15) is 0 Å². The molecule has 0 unspecified atom stereocenters. The summed E-state index contributed by atoms with van der Waals surface area (Å²) in [6.45, 7) is 3.96. The Balaban J connectivity index is 1.66. The zero-order chi connectivity index (χ0) is 23.4. The van der Waals surface area contributed by atoms with Crippen LogP contribution in [0.25, 0.3) is 22.2 Å². The first-order valence-corrected chi connectivity index (χ1v) is 11.6. The van der Waals surface area contributed by atoms with Crippen LogP contribution in [0.15, 0.2) is 83.3 Å². The van der Waals surface area contributed by atoms with Gasteiger partial charge in [0.25, 0.3) is 5.91 Å². The molecule has 3 aromatic carbocycles. The molecular weight excluding hydrogens is 498 g/mol. The summed E-state index contributed by atoms with van der Waals surface area (Å²) in [4.78, 5) is 18.0. The van der Waals surface area contributed by atoms with Crippen LogP contribution in [0.1, 0.15) is 24.2 Å².